The molecule has 0 fully saturated rings. The van der Waals surface area contributed by atoms with Crippen LogP contribution in [0.5, 0.6) is 0 Å². The van der Waals surface area contributed by atoms with Crippen LogP contribution in [0.1, 0.15) is 70.2 Å². The zero-order valence-corrected chi connectivity index (χ0v) is 18.2. The lowest BCUT2D eigenvalue weighted by atomic mass is 10.1. The summed E-state index contributed by atoms with van der Waals surface area (Å²) in [5.74, 6) is -3.54. The van der Waals surface area contributed by atoms with E-state index >= 15 is 0 Å². The molecule has 0 atom stereocenters. The lowest BCUT2D eigenvalue weighted by Gasteiger charge is -2.11. The summed E-state index contributed by atoms with van der Waals surface area (Å²) in [5, 5.41) is 2.39. The number of anilines is 1. The van der Waals surface area contributed by atoms with Gasteiger partial charge in [0.2, 0.25) is 5.88 Å². The smallest absolute Gasteiger partial charge is 0.342 e. The van der Waals surface area contributed by atoms with Crippen molar-refractivity contribution < 1.29 is 37.5 Å². The zero-order valence-electron chi connectivity index (χ0n) is 18.2. The number of nitrogens with one attached hydrogen (secondary N) is 1. The molecule has 174 valence electrons. The zero-order chi connectivity index (χ0) is 24.6. The molecule has 11 nitrogen and oxygen atoms in total. The van der Waals surface area contributed by atoms with Crippen molar-refractivity contribution in [3.05, 3.63) is 75.9 Å². The van der Waals surface area contributed by atoms with Crippen LogP contribution in [0.2, 0.25) is 0 Å². The molecule has 0 radical (unpaired) electrons. The van der Waals surface area contributed by atoms with Gasteiger partial charge in [0, 0.05) is 5.56 Å². The fourth-order valence-electron chi connectivity index (χ4n) is 3.63. The average Bonchev–Trinajstić information content (AvgIpc) is 3.48. The molecule has 1 aliphatic heterocycles. The molecule has 0 aliphatic carbocycles. The Morgan fingerprint density at radius 2 is 1.82 bits per heavy atom. The number of nitrogens with zero attached hydrogens (tertiary/aromatic N) is 1. The molecule has 11 heteroatoms. The summed E-state index contributed by atoms with van der Waals surface area (Å²) in [6, 6.07) is 7.24. The number of carbonyl (C=O) groups excluding carboxylic acids is 5. The second kappa shape index (κ2) is 8.70. The van der Waals surface area contributed by atoms with Crippen LogP contribution in [0.15, 0.2) is 45.4 Å². The molecular weight excluding hydrogens is 446 g/mol. The third-order valence-corrected chi connectivity index (χ3v) is 5.16. The van der Waals surface area contributed by atoms with Gasteiger partial charge in [-0.25, -0.2) is 4.79 Å². The standard InChI is InChI=1S/C23H19N3O8/c1-3-32-23(31)16-11(2)34-20(17(16)18(24)27)25-19(28)12-6-7-14-15(9-12)22(30)26(21(14)29)10-13-5-4-8-33-13/h4-9H,3,10H2,1-2H3,(H2,24,27)(H,25,28). The molecule has 0 unspecified atom stereocenters. The number of esters is 1. The highest BCUT2D eigenvalue weighted by Gasteiger charge is 2.37. The minimum absolute atomic E-state index is 0.0157. The summed E-state index contributed by atoms with van der Waals surface area (Å²) < 4.78 is 15.5. The molecule has 4 amide bonds. The number of ether oxygens (including phenoxy) is 1. The topological polar surface area (TPSA) is 162 Å². The van der Waals surface area contributed by atoms with Crippen molar-refractivity contribution in [1.82, 2.24) is 4.90 Å². The van der Waals surface area contributed by atoms with Crippen molar-refractivity contribution in [2.45, 2.75) is 20.4 Å². The number of primary amides is 1. The fraction of sp³-hybridized carbons (Fsp3) is 0.174. The van der Waals surface area contributed by atoms with Gasteiger partial charge in [-0.15, -0.1) is 0 Å². The van der Waals surface area contributed by atoms with Gasteiger partial charge in [-0.1, -0.05) is 0 Å². The number of aryl methyl sites for hydroxylation is 1. The number of imide groups is 1. The van der Waals surface area contributed by atoms with Crippen molar-refractivity contribution in [2.24, 2.45) is 5.73 Å². The number of amides is 4. The van der Waals surface area contributed by atoms with E-state index in [1.54, 1.807) is 19.1 Å². The number of rotatable bonds is 7. The first-order chi connectivity index (χ1) is 16.2. The van der Waals surface area contributed by atoms with Gasteiger partial charge in [-0.2, -0.15) is 0 Å². The van der Waals surface area contributed by atoms with Gasteiger partial charge >= 0.3 is 5.97 Å². The minimum Gasteiger partial charge on any atom is -0.467 e. The fourth-order valence-corrected chi connectivity index (χ4v) is 3.63. The lowest BCUT2D eigenvalue weighted by molar-refractivity contribution is 0.0520. The number of furan rings is 2. The Hall–Kier alpha value is -4.67. The highest BCUT2D eigenvalue weighted by Crippen LogP contribution is 2.29. The van der Waals surface area contributed by atoms with E-state index in [-0.39, 0.29) is 52.6 Å². The van der Waals surface area contributed by atoms with Gasteiger partial charge in [0.1, 0.15) is 22.6 Å². The van der Waals surface area contributed by atoms with E-state index in [1.807, 2.05) is 0 Å². The third kappa shape index (κ3) is 3.83. The van der Waals surface area contributed by atoms with Crippen LogP contribution in [0.4, 0.5) is 5.88 Å². The maximum Gasteiger partial charge on any atom is 0.342 e. The summed E-state index contributed by atoms with van der Waals surface area (Å²) in [4.78, 5) is 63.5. The van der Waals surface area contributed by atoms with E-state index in [2.05, 4.69) is 5.32 Å². The Bertz CT molecular complexity index is 1340. The van der Waals surface area contributed by atoms with E-state index in [0.717, 1.165) is 4.90 Å². The van der Waals surface area contributed by atoms with Crippen LogP contribution < -0.4 is 11.1 Å². The van der Waals surface area contributed by atoms with Crippen molar-refractivity contribution in [3.63, 3.8) is 0 Å². The number of benzene rings is 1. The van der Waals surface area contributed by atoms with Gasteiger partial charge in [0.25, 0.3) is 23.6 Å². The molecule has 3 heterocycles. The molecule has 2 aromatic heterocycles. The van der Waals surface area contributed by atoms with Gasteiger partial charge in [0.05, 0.1) is 30.5 Å². The predicted octanol–water partition coefficient (Wildman–Crippen LogP) is 2.51. The van der Waals surface area contributed by atoms with Crippen molar-refractivity contribution >= 4 is 35.5 Å². The van der Waals surface area contributed by atoms with Crippen molar-refractivity contribution in [3.8, 4) is 0 Å². The van der Waals surface area contributed by atoms with Crippen LogP contribution in [0, 0.1) is 6.92 Å². The second-order valence-electron chi connectivity index (χ2n) is 7.31. The van der Waals surface area contributed by atoms with Gasteiger partial charge < -0.3 is 19.3 Å². The van der Waals surface area contributed by atoms with Gasteiger partial charge in [-0.3, -0.25) is 29.4 Å². The Morgan fingerprint density at radius 1 is 1.09 bits per heavy atom. The van der Waals surface area contributed by atoms with E-state index in [0.29, 0.717) is 5.76 Å². The monoisotopic (exact) mass is 465 g/mol. The molecular formula is C23H19N3O8. The molecule has 34 heavy (non-hydrogen) atoms. The van der Waals surface area contributed by atoms with Gasteiger partial charge in [0.15, 0.2) is 0 Å². The average molecular weight is 465 g/mol. The number of nitrogens with two attached hydrogens (primary N) is 1. The van der Waals surface area contributed by atoms with Crippen molar-refractivity contribution in [1.29, 1.82) is 0 Å². The summed E-state index contributed by atoms with van der Waals surface area (Å²) in [5.41, 5.74) is 5.08. The van der Waals surface area contributed by atoms with Crippen LogP contribution >= 0.6 is 0 Å². The molecule has 0 spiro atoms. The third-order valence-electron chi connectivity index (χ3n) is 5.16. The molecule has 0 saturated carbocycles. The quantitative estimate of drug-likeness (QED) is 0.397. The second-order valence-corrected chi connectivity index (χ2v) is 7.31. The van der Waals surface area contributed by atoms with Crippen LogP contribution in [-0.4, -0.2) is 41.1 Å². The Kier molecular flexibility index (Phi) is 5.76. The molecule has 1 aromatic carbocycles. The van der Waals surface area contributed by atoms with E-state index in [4.69, 9.17) is 19.3 Å². The van der Waals surface area contributed by atoms with Gasteiger partial charge in [-0.05, 0) is 44.2 Å². The first-order valence-corrected chi connectivity index (χ1v) is 10.2. The van der Waals surface area contributed by atoms with Crippen molar-refractivity contribution in [2.75, 3.05) is 11.9 Å². The maximum absolute atomic E-state index is 12.9. The SMILES string of the molecule is CCOC(=O)c1c(C)oc(NC(=O)c2ccc3c(c2)C(=O)N(Cc2ccco2)C3=O)c1C(N)=O. The van der Waals surface area contributed by atoms with Crippen LogP contribution in [0.3, 0.4) is 0 Å². The number of carbonyl (C=O) groups is 5. The highest BCUT2D eigenvalue weighted by atomic mass is 16.5. The largest absolute Gasteiger partial charge is 0.467 e. The molecule has 1 aliphatic rings. The number of fused-ring (bicyclic) bond motifs is 1. The first-order valence-electron chi connectivity index (χ1n) is 10.2. The molecule has 0 saturated heterocycles. The normalized spacial score (nSPS) is 12.6. The Morgan fingerprint density at radius 3 is 2.47 bits per heavy atom. The molecule has 3 aromatic rings. The summed E-state index contributed by atoms with van der Waals surface area (Å²) in [6.07, 6.45) is 1.43. The lowest BCUT2D eigenvalue weighted by Crippen LogP contribution is -2.28. The molecule has 0 bridgehead atoms. The Balaban J connectivity index is 1.61. The number of hydrogen-bond donors (Lipinski definition) is 2. The minimum atomic E-state index is -1.00. The van der Waals surface area contributed by atoms with E-state index < -0.39 is 29.6 Å². The van der Waals surface area contributed by atoms with Crippen LogP contribution in [0.25, 0.3) is 0 Å². The molecule has 4 rings (SSSR count). The molecule has 3 N–H and O–H groups in total. The van der Waals surface area contributed by atoms with E-state index in [9.17, 15) is 24.0 Å². The summed E-state index contributed by atoms with van der Waals surface area (Å²) >= 11 is 0. The first kappa shape index (κ1) is 22.5. The van der Waals surface area contributed by atoms with E-state index in [1.165, 1.54) is 31.4 Å². The van der Waals surface area contributed by atoms with Crippen LogP contribution in [-0.2, 0) is 11.3 Å². The summed E-state index contributed by atoms with van der Waals surface area (Å²) in [6.45, 7) is 3.02. The maximum atomic E-state index is 12.9. The summed E-state index contributed by atoms with van der Waals surface area (Å²) in [7, 11) is 0. The highest BCUT2D eigenvalue weighted by molar-refractivity contribution is 6.22. The number of hydrogen-bond acceptors (Lipinski definition) is 8. The predicted molar refractivity (Wildman–Crippen MR) is 115 cm³/mol. The Labute approximate surface area is 192 Å².